The third-order valence-electron chi connectivity index (χ3n) is 5.21. The molecule has 2 aliphatic rings. The molecule has 1 amide bonds. The van der Waals surface area contributed by atoms with Crippen LogP contribution in [0.2, 0.25) is 0 Å². The highest BCUT2D eigenvalue weighted by Gasteiger charge is 2.31. The number of likely N-dealkylation sites (N-methyl/N-ethyl adjacent to an activating group) is 1. The number of hydrogen-bond donors (Lipinski definition) is 1. The summed E-state index contributed by atoms with van der Waals surface area (Å²) in [4.78, 5) is 21.9. The number of ether oxygens (including phenoxy) is 2. The predicted octanol–water partition coefficient (Wildman–Crippen LogP) is 5.39. The van der Waals surface area contributed by atoms with E-state index in [1.54, 1.807) is 24.1 Å². The molecule has 0 radical (unpaired) electrons. The zero-order valence-corrected chi connectivity index (χ0v) is 22.2. The molecule has 0 spiro atoms. The molecule has 0 bridgehead atoms. The summed E-state index contributed by atoms with van der Waals surface area (Å²) in [6.45, 7) is 5.49. The molecule has 1 N–H and O–H groups in total. The lowest BCUT2D eigenvalue weighted by molar-refractivity contribution is -0.121. The van der Waals surface area contributed by atoms with Gasteiger partial charge in [-0.1, -0.05) is 0 Å². The Morgan fingerprint density at radius 1 is 1.21 bits per heavy atom. The maximum atomic E-state index is 12.9. The fourth-order valence-electron chi connectivity index (χ4n) is 3.45. The SMILES string of the molecule is CCOc1cc(/C=C2\SC(=Nc3ccc(N4CCOCC4)cc3)N(C)C2=O)c(Br)c(Br)c1O. The van der Waals surface area contributed by atoms with Gasteiger partial charge in [0.25, 0.3) is 5.91 Å². The first-order valence-electron chi connectivity index (χ1n) is 10.4. The molecule has 0 saturated carbocycles. The van der Waals surface area contributed by atoms with Crippen molar-refractivity contribution in [1.82, 2.24) is 4.90 Å². The van der Waals surface area contributed by atoms with E-state index in [9.17, 15) is 9.90 Å². The van der Waals surface area contributed by atoms with Crippen molar-refractivity contribution in [2.24, 2.45) is 4.99 Å². The summed E-state index contributed by atoms with van der Waals surface area (Å²) in [6.07, 6.45) is 1.77. The Bertz CT molecular complexity index is 1120. The highest BCUT2D eigenvalue weighted by atomic mass is 79.9. The van der Waals surface area contributed by atoms with Gasteiger partial charge in [-0.25, -0.2) is 4.99 Å². The number of thioether (sulfide) groups is 1. The molecule has 2 aliphatic heterocycles. The zero-order valence-electron chi connectivity index (χ0n) is 18.2. The summed E-state index contributed by atoms with van der Waals surface area (Å²) in [6, 6.07) is 9.71. The molecule has 2 aromatic rings. The minimum atomic E-state index is -0.141. The van der Waals surface area contributed by atoms with Crippen LogP contribution in [-0.4, -0.2) is 61.0 Å². The van der Waals surface area contributed by atoms with Crippen LogP contribution in [-0.2, 0) is 9.53 Å². The van der Waals surface area contributed by atoms with E-state index in [0.29, 0.717) is 36.9 Å². The van der Waals surface area contributed by atoms with Crippen molar-refractivity contribution in [3.05, 3.63) is 49.7 Å². The Hall–Kier alpha value is -2.01. The number of phenols is 1. The van der Waals surface area contributed by atoms with Crippen molar-refractivity contribution in [3.8, 4) is 11.5 Å². The molecule has 2 saturated heterocycles. The molecule has 10 heteroatoms. The largest absolute Gasteiger partial charge is 0.503 e. The van der Waals surface area contributed by atoms with Gasteiger partial charge in [0.05, 0.1) is 34.9 Å². The van der Waals surface area contributed by atoms with Crippen LogP contribution in [0.3, 0.4) is 0 Å². The molecule has 4 rings (SSSR count). The molecule has 0 unspecified atom stereocenters. The number of aromatic hydroxyl groups is 1. The minimum Gasteiger partial charge on any atom is -0.503 e. The number of hydrogen-bond acceptors (Lipinski definition) is 7. The van der Waals surface area contributed by atoms with E-state index in [4.69, 9.17) is 9.47 Å². The normalized spacial score (nSPS) is 19.1. The van der Waals surface area contributed by atoms with E-state index in [1.165, 1.54) is 11.8 Å². The summed E-state index contributed by atoms with van der Waals surface area (Å²) >= 11 is 8.17. The number of benzene rings is 2. The van der Waals surface area contributed by atoms with Crippen molar-refractivity contribution >= 4 is 72.1 Å². The van der Waals surface area contributed by atoms with Crippen LogP contribution in [0, 0.1) is 0 Å². The van der Waals surface area contributed by atoms with E-state index < -0.39 is 0 Å². The Kier molecular flexibility index (Phi) is 7.68. The monoisotopic (exact) mass is 595 g/mol. The summed E-state index contributed by atoms with van der Waals surface area (Å²) in [5.41, 5.74) is 2.63. The lowest BCUT2D eigenvalue weighted by Gasteiger charge is -2.28. The zero-order chi connectivity index (χ0) is 23.5. The number of rotatable bonds is 5. The summed E-state index contributed by atoms with van der Waals surface area (Å²) in [7, 11) is 1.71. The average Bonchev–Trinajstić information content (AvgIpc) is 3.09. The molecule has 2 aromatic carbocycles. The quantitative estimate of drug-likeness (QED) is 0.467. The van der Waals surface area contributed by atoms with E-state index in [0.717, 1.165) is 37.7 Å². The maximum absolute atomic E-state index is 12.9. The lowest BCUT2D eigenvalue weighted by Crippen LogP contribution is -2.36. The first-order chi connectivity index (χ1) is 15.9. The Morgan fingerprint density at radius 3 is 2.58 bits per heavy atom. The van der Waals surface area contributed by atoms with Gasteiger partial charge in [0.1, 0.15) is 0 Å². The molecule has 7 nitrogen and oxygen atoms in total. The van der Waals surface area contributed by atoms with Gasteiger partial charge in [-0.3, -0.25) is 9.69 Å². The van der Waals surface area contributed by atoms with Crippen LogP contribution < -0.4 is 9.64 Å². The van der Waals surface area contributed by atoms with Crippen molar-refractivity contribution in [2.75, 3.05) is 44.9 Å². The van der Waals surface area contributed by atoms with Crippen LogP contribution >= 0.6 is 43.6 Å². The molecule has 33 heavy (non-hydrogen) atoms. The molecule has 2 heterocycles. The van der Waals surface area contributed by atoms with Crippen LogP contribution in [0.5, 0.6) is 11.5 Å². The van der Waals surface area contributed by atoms with Crippen molar-refractivity contribution < 1.29 is 19.4 Å². The van der Waals surface area contributed by atoms with Gasteiger partial charge < -0.3 is 19.5 Å². The number of anilines is 1. The number of phenolic OH excluding ortho intramolecular Hbond substituents is 1. The van der Waals surface area contributed by atoms with E-state index >= 15 is 0 Å². The first kappa shape index (κ1) is 24.1. The lowest BCUT2D eigenvalue weighted by atomic mass is 10.2. The fourth-order valence-corrected chi connectivity index (χ4v) is 5.26. The Labute approximate surface area is 213 Å². The number of aliphatic imine (C=N–C) groups is 1. The van der Waals surface area contributed by atoms with Crippen LogP contribution in [0.25, 0.3) is 6.08 Å². The molecule has 0 atom stereocenters. The first-order valence-corrected chi connectivity index (χ1v) is 12.8. The van der Waals surface area contributed by atoms with Crippen LogP contribution in [0.1, 0.15) is 12.5 Å². The van der Waals surface area contributed by atoms with E-state index in [1.807, 2.05) is 31.2 Å². The third kappa shape index (κ3) is 5.24. The summed E-state index contributed by atoms with van der Waals surface area (Å²) < 4.78 is 12.0. The molecular formula is C23H23Br2N3O4S. The molecule has 0 aliphatic carbocycles. The average molecular weight is 597 g/mol. The highest BCUT2D eigenvalue weighted by molar-refractivity contribution is 9.13. The number of halogens is 2. The number of amides is 1. The number of amidine groups is 1. The molecule has 174 valence electrons. The molecule has 2 fully saturated rings. The maximum Gasteiger partial charge on any atom is 0.266 e. The van der Waals surface area contributed by atoms with Gasteiger partial charge in [-0.15, -0.1) is 0 Å². The van der Waals surface area contributed by atoms with Crippen molar-refractivity contribution in [2.45, 2.75) is 6.92 Å². The molecule has 0 aromatic heterocycles. The number of carbonyl (C=O) groups excluding carboxylic acids is 1. The van der Waals surface area contributed by atoms with Crippen LogP contribution in [0.15, 0.2) is 49.2 Å². The smallest absolute Gasteiger partial charge is 0.266 e. The fraction of sp³-hybridized carbons (Fsp3) is 0.304. The molecular weight excluding hydrogens is 574 g/mol. The van der Waals surface area contributed by atoms with Crippen LogP contribution in [0.4, 0.5) is 11.4 Å². The second kappa shape index (κ2) is 10.5. The van der Waals surface area contributed by atoms with Gasteiger partial charge >= 0.3 is 0 Å². The highest BCUT2D eigenvalue weighted by Crippen LogP contribution is 2.44. The number of morpholine rings is 1. The third-order valence-corrected chi connectivity index (χ3v) is 8.43. The van der Waals surface area contributed by atoms with Gasteiger partial charge in [-0.05, 0) is 92.5 Å². The second-order valence-corrected chi connectivity index (χ2v) is 9.95. The topological polar surface area (TPSA) is 74.6 Å². The Balaban J connectivity index is 1.57. The number of carbonyl (C=O) groups is 1. The predicted molar refractivity (Wildman–Crippen MR) is 140 cm³/mol. The summed E-state index contributed by atoms with van der Waals surface area (Å²) in [5.74, 6) is 0.214. The van der Waals surface area contributed by atoms with Crippen molar-refractivity contribution in [3.63, 3.8) is 0 Å². The Morgan fingerprint density at radius 2 is 1.91 bits per heavy atom. The van der Waals surface area contributed by atoms with Gasteiger partial charge in [0, 0.05) is 30.3 Å². The van der Waals surface area contributed by atoms with Gasteiger partial charge in [0.15, 0.2) is 16.7 Å². The van der Waals surface area contributed by atoms with E-state index in [-0.39, 0.29) is 11.7 Å². The van der Waals surface area contributed by atoms with Gasteiger partial charge in [-0.2, -0.15) is 0 Å². The van der Waals surface area contributed by atoms with Crippen molar-refractivity contribution in [1.29, 1.82) is 0 Å². The minimum absolute atomic E-state index is 0.0103. The van der Waals surface area contributed by atoms with Gasteiger partial charge in [0.2, 0.25) is 0 Å². The standard InChI is InChI=1S/C23H23Br2N3O4S/c1-3-32-17-12-14(19(24)20(25)21(17)29)13-18-22(30)27(2)23(33-18)26-15-4-6-16(7-5-15)28-8-10-31-11-9-28/h4-7,12-13,29H,3,8-11H2,1-2H3/b18-13-,26-23?. The number of nitrogens with zero attached hydrogens (tertiary/aromatic N) is 3. The van der Waals surface area contributed by atoms with E-state index in [2.05, 4.69) is 41.8 Å². The summed E-state index contributed by atoms with van der Waals surface area (Å²) in [5, 5.41) is 10.9. The second-order valence-electron chi connectivity index (χ2n) is 7.36.